The highest BCUT2D eigenvalue weighted by Gasteiger charge is 2.13. The van der Waals surface area contributed by atoms with Gasteiger partial charge in [-0.05, 0) is 6.07 Å². The summed E-state index contributed by atoms with van der Waals surface area (Å²) in [6.45, 7) is 0. The molecule has 6 nitrogen and oxygen atoms in total. The van der Waals surface area contributed by atoms with Crippen LogP contribution in [0.2, 0.25) is 0 Å². The molecule has 0 fully saturated rings. The topological polar surface area (TPSA) is 86.0 Å². The molecule has 1 aromatic carbocycles. The lowest BCUT2D eigenvalue weighted by Crippen LogP contribution is -1.91. The number of anilines is 1. The van der Waals surface area contributed by atoms with Crippen LogP contribution in [0.25, 0.3) is 21.9 Å². The van der Waals surface area contributed by atoms with Gasteiger partial charge in [-0.15, -0.1) is 0 Å². The number of nitrogens with zero attached hydrogens (tertiary/aromatic N) is 2. The Morgan fingerprint density at radius 2 is 1.83 bits per heavy atom. The van der Waals surface area contributed by atoms with E-state index in [0.29, 0.717) is 17.3 Å². The van der Waals surface area contributed by atoms with Crippen LogP contribution in [0.1, 0.15) is 0 Å². The van der Waals surface area contributed by atoms with Crippen LogP contribution in [0.3, 0.4) is 0 Å². The fourth-order valence-corrected chi connectivity index (χ4v) is 2.04. The zero-order valence-corrected chi connectivity index (χ0v) is 10.0. The summed E-state index contributed by atoms with van der Waals surface area (Å²) in [6.07, 6.45) is 1.45. The lowest BCUT2D eigenvalue weighted by molar-refractivity contribution is 0.356. The molecule has 0 atom stereocenters. The SMILES string of the molecule is COc1cc2[nH]c3c(N)ncnc3c2cc1OC. The molecule has 0 spiro atoms. The van der Waals surface area contributed by atoms with E-state index in [0.717, 1.165) is 21.9 Å². The molecular formula is C12H12N4O2. The molecule has 0 bridgehead atoms. The maximum Gasteiger partial charge on any atom is 0.162 e. The molecule has 6 heteroatoms. The Morgan fingerprint density at radius 3 is 2.56 bits per heavy atom. The molecule has 0 radical (unpaired) electrons. The fourth-order valence-electron chi connectivity index (χ4n) is 2.04. The van der Waals surface area contributed by atoms with E-state index in [1.54, 1.807) is 14.2 Å². The summed E-state index contributed by atoms with van der Waals surface area (Å²) < 4.78 is 10.5. The molecule has 3 N–H and O–H groups in total. The highest BCUT2D eigenvalue weighted by molar-refractivity contribution is 6.08. The molecule has 0 saturated heterocycles. The van der Waals surface area contributed by atoms with Crippen molar-refractivity contribution in [2.24, 2.45) is 0 Å². The number of ether oxygens (including phenoxy) is 2. The van der Waals surface area contributed by atoms with Crippen molar-refractivity contribution in [3.8, 4) is 11.5 Å². The van der Waals surface area contributed by atoms with E-state index in [1.807, 2.05) is 12.1 Å². The molecule has 3 aromatic rings. The van der Waals surface area contributed by atoms with Gasteiger partial charge in [0.1, 0.15) is 17.4 Å². The number of hydrogen-bond donors (Lipinski definition) is 2. The average Bonchev–Trinajstić information content (AvgIpc) is 2.76. The van der Waals surface area contributed by atoms with E-state index in [9.17, 15) is 0 Å². The standard InChI is InChI=1S/C12H12N4O2/c1-17-8-3-6-7(4-9(8)18-2)16-11-10(6)14-5-15-12(11)13/h3-5,16H,1-2H3,(H2,13,14,15). The van der Waals surface area contributed by atoms with Crippen LogP contribution < -0.4 is 15.2 Å². The van der Waals surface area contributed by atoms with Gasteiger partial charge >= 0.3 is 0 Å². The summed E-state index contributed by atoms with van der Waals surface area (Å²) in [5.74, 6) is 1.74. The monoisotopic (exact) mass is 244 g/mol. The lowest BCUT2D eigenvalue weighted by atomic mass is 10.2. The van der Waals surface area contributed by atoms with Gasteiger partial charge in [0, 0.05) is 11.5 Å². The largest absolute Gasteiger partial charge is 0.493 e. The molecule has 0 aliphatic rings. The maximum atomic E-state index is 5.82. The molecule has 0 aliphatic carbocycles. The van der Waals surface area contributed by atoms with Crippen LogP contribution >= 0.6 is 0 Å². The summed E-state index contributed by atoms with van der Waals surface area (Å²) in [7, 11) is 3.20. The van der Waals surface area contributed by atoms with Gasteiger partial charge in [-0.25, -0.2) is 9.97 Å². The lowest BCUT2D eigenvalue weighted by Gasteiger charge is -2.06. The second kappa shape index (κ2) is 3.76. The first-order valence-corrected chi connectivity index (χ1v) is 5.38. The Bertz CT molecular complexity index is 736. The number of H-pyrrole nitrogens is 1. The van der Waals surface area contributed by atoms with Crippen LogP contribution in [-0.4, -0.2) is 29.2 Å². The van der Waals surface area contributed by atoms with Crippen molar-refractivity contribution < 1.29 is 9.47 Å². The first-order chi connectivity index (χ1) is 8.74. The minimum atomic E-state index is 0.425. The third kappa shape index (κ3) is 1.35. The molecule has 0 unspecified atom stereocenters. The Hall–Kier alpha value is -2.50. The van der Waals surface area contributed by atoms with Crippen molar-refractivity contribution in [1.82, 2.24) is 15.0 Å². The van der Waals surface area contributed by atoms with Gasteiger partial charge in [-0.1, -0.05) is 0 Å². The number of aromatic nitrogens is 3. The smallest absolute Gasteiger partial charge is 0.162 e. The molecule has 2 aromatic heterocycles. The quantitative estimate of drug-likeness (QED) is 0.716. The number of fused-ring (bicyclic) bond motifs is 3. The molecule has 92 valence electrons. The predicted molar refractivity (Wildman–Crippen MR) is 68.9 cm³/mol. The third-order valence-electron chi connectivity index (χ3n) is 2.92. The van der Waals surface area contributed by atoms with Crippen LogP contribution in [0.15, 0.2) is 18.5 Å². The predicted octanol–water partition coefficient (Wildman–Crippen LogP) is 1.71. The number of aromatic amines is 1. The molecular weight excluding hydrogens is 232 g/mol. The van der Waals surface area contributed by atoms with Crippen molar-refractivity contribution >= 4 is 27.8 Å². The summed E-state index contributed by atoms with van der Waals surface area (Å²) in [5, 5.41) is 0.928. The van der Waals surface area contributed by atoms with Crippen molar-refractivity contribution in [2.75, 3.05) is 20.0 Å². The number of nitrogens with two attached hydrogens (primary N) is 1. The second-order valence-corrected chi connectivity index (χ2v) is 3.86. The van der Waals surface area contributed by atoms with Gasteiger partial charge in [0.2, 0.25) is 0 Å². The van der Waals surface area contributed by atoms with Crippen LogP contribution in [0, 0.1) is 0 Å². The van der Waals surface area contributed by atoms with E-state index in [1.165, 1.54) is 6.33 Å². The van der Waals surface area contributed by atoms with Crippen molar-refractivity contribution in [3.05, 3.63) is 18.5 Å². The first-order valence-electron chi connectivity index (χ1n) is 5.38. The molecule has 3 rings (SSSR count). The van der Waals surface area contributed by atoms with Crippen LogP contribution in [0.5, 0.6) is 11.5 Å². The zero-order chi connectivity index (χ0) is 12.7. The summed E-state index contributed by atoms with van der Waals surface area (Å²) in [6, 6.07) is 3.73. The van der Waals surface area contributed by atoms with Crippen molar-refractivity contribution in [3.63, 3.8) is 0 Å². The summed E-state index contributed by atoms with van der Waals surface area (Å²) in [5.41, 5.74) is 8.20. The fraction of sp³-hybridized carbons (Fsp3) is 0.167. The van der Waals surface area contributed by atoms with Gasteiger partial charge in [0.25, 0.3) is 0 Å². The average molecular weight is 244 g/mol. The molecule has 2 heterocycles. The maximum absolute atomic E-state index is 5.82. The van der Waals surface area contributed by atoms with E-state index >= 15 is 0 Å². The molecule has 0 saturated carbocycles. The van der Waals surface area contributed by atoms with E-state index in [4.69, 9.17) is 15.2 Å². The molecule has 0 aliphatic heterocycles. The minimum absolute atomic E-state index is 0.425. The number of benzene rings is 1. The molecule has 0 amide bonds. The van der Waals surface area contributed by atoms with Gasteiger partial charge in [-0.2, -0.15) is 0 Å². The highest BCUT2D eigenvalue weighted by atomic mass is 16.5. The number of hydrogen-bond acceptors (Lipinski definition) is 5. The Labute approximate surface area is 103 Å². The number of methoxy groups -OCH3 is 2. The number of rotatable bonds is 2. The minimum Gasteiger partial charge on any atom is -0.493 e. The highest BCUT2D eigenvalue weighted by Crippen LogP contribution is 2.35. The van der Waals surface area contributed by atoms with Crippen LogP contribution in [0.4, 0.5) is 5.82 Å². The third-order valence-corrected chi connectivity index (χ3v) is 2.92. The summed E-state index contributed by atoms with van der Waals surface area (Å²) in [4.78, 5) is 11.4. The molecule has 18 heavy (non-hydrogen) atoms. The normalized spacial score (nSPS) is 11.0. The number of nitrogens with one attached hydrogen (secondary N) is 1. The Balaban J connectivity index is 2.44. The number of nitrogen functional groups attached to an aromatic ring is 1. The second-order valence-electron chi connectivity index (χ2n) is 3.86. The van der Waals surface area contributed by atoms with Crippen LogP contribution in [-0.2, 0) is 0 Å². The van der Waals surface area contributed by atoms with E-state index < -0.39 is 0 Å². The first kappa shape index (κ1) is 10.6. The Kier molecular flexibility index (Phi) is 2.22. The van der Waals surface area contributed by atoms with Gasteiger partial charge in [-0.3, -0.25) is 0 Å². The Morgan fingerprint density at radius 1 is 1.11 bits per heavy atom. The van der Waals surface area contributed by atoms with E-state index in [-0.39, 0.29) is 0 Å². The summed E-state index contributed by atoms with van der Waals surface area (Å²) >= 11 is 0. The van der Waals surface area contributed by atoms with Crippen molar-refractivity contribution in [2.45, 2.75) is 0 Å². The van der Waals surface area contributed by atoms with E-state index in [2.05, 4.69) is 15.0 Å². The van der Waals surface area contributed by atoms with Gasteiger partial charge in [0.15, 0.2) is 17.3 Å². The van der Waals surface area contributed by atoms with Gasteiger partial charge < -0.3 is 20.2 Å². The van der Waals surface area contributed by atoms with Crippen molar-refractivity contribution in [1.29, 1.82) is 0 Å². The van der Waals surface area contributed by atoms with Gasteiger partial charge in [0.05, 0.1) is 19.7 Å². The zero-order valence-electron chi connectivity index (χ0n) is 10.0.